The first kappa shape index (κ1) is 8.14. The van der Waals surface area contributed by atoms with E-state index in [2.05, 4.69) is 16.4 Å². The van der Waals surface area contributed by atoms with Crippen LogP contribution in [0.5, 0.6) is 0 Å². The Balaban J connectivity index is 1.89. The van der Waals surface area contributed by atoms with Gasteiger partial charge in [-0.3, -0.25) is 0 Å². The Morgan fingerprint density at radius 2 is 2.54 bits per heavy atom. The van der Waals surface area contributed by atoms with Gasteiger partial charge in [0, 0.05) is 18.9 Å². The van der Waals surface area contributed by atoms with Gasteiger partial charge in [-0.2, -0.15) is 5.26 Å². The number of nitrogens with zero attached hydrogens (tertiary/aromatic N) is 1. The summed E-state index contributed by atoms with van der Waals surface area (Å²) in [6.45, 7) is 1.74. The van der Waals surface area contributed by atoms with Crippen LogP contribution < -0.4 is 5.32 Å². The number of rotatable bonds is 3. The highest BCUT2D eigenvalue weighted by Crippen LogP contribution is 2.26. The topological polar surface area (TPSA) is 60.8 Å². The van der Waals surface area contributed by atoms with Gasteiger partial charge in [0.25, 0.3) is 0 Å². The Morgan fingerprint density at radius 3 is 3.00 bits per heavy atom. The number of aromatic nitrogens is 1. The third-order valence-corrected chi connectivity index (χ3v) is 2.22. The fourth-order valence-electron chi connectivity index (χ4n) is 1.26. The quantitative estimate of drug-likeness (QED) is 0.723. The smallest absolute Gasteiger partial charge is 0.121 e. The largest absolute Gasteiger partial charge is 0.382 e. The van der Waals surface area contributed by atoms with Gasteiger partial charge in [-0.25, -0.2) is 0 Å². The van der Waals surface area contributed by atoms with Crippen molar-refractivity contribution in [3.8, 4) is 6.07 Å². The predicted molar refractivity (Wildman–Crippen MR) is 48.1 cm³/mol. The third kappa shape index (κ3) is 1.51. The molecule has 2 rings (SSSR count). The lowest BCUT2D eigenvalue weighted by Crippen LogP contribution is -2.46. The molecule has 4 heteroatoms. The van der Waals surface area contributed by atoms with Gasteiger partial charge in [0.2, 0.25) is 0 Å². The molecule has 0 unspecified atom stereocenters. The summed E-state index contributed by atoms with van der Waals surface area (Å²) in [5, 5.41) is 12.1. The highest BCUT2D eigenvalue weighted by Gasteiger charge is 2.38. The molecule has 2 N–H and O–H groups in total. The van der Waals surface area contributed by atoms with E-state index in [9.17, 15) is 0 Å². The van der Waals surface area contributed by atoms with Crippen LogP contribution in [0.3, 0.4) is 0 Å². The molecule has 4 nitrogen and oxygen atoms in total. The minimum absolute atomic E-state index is 0.308. The molecule has 1 fully saturated rings. The highest BCUT2D eigenvalue weighted by atomic mass is 16.5. The maximum Gasteiger partial charge on any atom is 0.121 e. The minimum atomic E-state index is -0.308. The minimum Gasteiger partial charge on any atom is -0.382 e. The van der Waals surface area contributed by atoms with Crippen LogP contribution in [0.2, 0.25) is 0 Å². The van der Waals surface area contributed by atoms with Gasteiger partial charge in [0.1, 0.15) is 5.41 Å². The second-order valence-corrected chi connectivity index (χ2v) is 3.34. The molecule has 2 heterocycles. The van der Waals surface area contributed by atoms with Gasteiger partial charge in [0.05, 0.1) is 25.0 Å². The van der Waals surface area contributed by atoms with Gasteiger partial charge in [-0.15, -0.1) is 0 Å². The average Bonchev–Trinajstić information content (AvgIpc) is 2.56. The van der Waals surface area contributed by atoms with Crippen LogP contribution in [-0.4, -0.2) is 24.7 Å². The zero-order valence-electron chi connectivity index (χ0n) is 7.21. The number of anilines is 1. The standard InChI is InChI=1S/C9H11N3O/c10-4-9(6-13-7-9)5-12-8-1-2-11-3-8/h1-3,11-12H,5-7H2. The van der Waals surface area contributed by atoms with Crippen LogP contribution in [-0.2, 0) is 4.74 Å². The molecule has 68 valence electrons. The molecule has 0 saturated carbocycles. The summed E-state index contributed by atoms with van der Waals surface area (Å²) in [5.74, 6) is 0. The molecule has 0 amide bonds. The van der Waals surface area contributed by atoms with Gasteiger partial charge in [-0.1, -0.05) is 0 Å². The van der Waals surface area contributed by atoms with Crippen LogP contribution >= 0.6 is 0 Å². The molecule has 0 atom stereocenters. The zero-order valence-corrected chi connectivity index (χ0v) is 7.21. The summed E-state index contributed by atoms with van der Waals surface area (Å²) in [6.07, 6.45) is 3.71. The summed E-state index contributed by atoms with van der Waals surface area (Å²) in [5.41, 5.74) is 0.707. The summed E-state index contributed by atoms with van der Waals surface area (Å²) >= 11 is 0. The zero-order chi connectivity index (χ0) is 9.15. The number of nitrogens with one attached hydrogen (secondary N) is 2. The molecule has 0 bridgehead atoms. The van der Waals surface area contributed by atoms with Crippen molar-refractivity contribution in [3.63, 3.8) is 0 Å². The maximum absolute atomic E-state index is 8.89. The van der Waals surface area contributed by atoms with E-state index in [1.807, 2.05) is 18.5 Å². The molecule has 1 aromatic heterocycles. The second kappa shape index (κ2) is 3.11. The van der Waals surface area contributed by atoms with Gasteiger partial charge < -0.3 is 15.0 Å². The van der Waals surface area contributed by atoms with Crippen LogP contribution in [0.4, 0.5) is 5.69 Å². The Morgan fingerprint density at radius 1 is 1.69 bits per heavy atom. The molecular formula is C9H11N3O. The molecular weight excluding hydrogens is 166 g/mol. The van der Waals surface area contributed by atoms with Gasteiger partial charge in [-0.05, 0) is 6.07 Å². The van der Waals surface area contributed by atoms with E-state index in [1.165, 1.54) is 0 Å². The second-order valence-electron chi connectivity index (χ2n) is 3.34. The van der Waals surface area contributed by atoms with E-state index in [4.69, 9.17) is 10.00 Å². The number of ether oxygens (including phenoxy) is 1. The molecule has 0 spiro atoms. The lowest BCUT2D eigenvalue weighted by atomic mass is 9.88. The van der Waals surface area contributed by atoms with Gasteiger partial charge >= 0.3 is 0 Å². The monoisotopic (exact) mass is 177 g/mol. The Hall–Kier alpha value is -1.47. The van der Waals surface area contributed by atoms with Crippen molar-refractivity contribution in [1.29, 1.82) is 5.26 Å². The summed E-state index contributed by atoms with van der Waals surface area (Å²) in [6, 6.07) is 4.21. The highest BCUT2D eigenvalue weighted by molar-refractivity contribution is 5.41. The van der Waals surface area contributed by atoms with Crippen molar-refractivity contribution in [2.75, 3.05) is 25.1 Å². The Labute approximate surface area is 76.5 Å². The van der Waals surface area contributed by atoms with Crippen molar-refractivity contribution in [1.82, 2.24) is 4.98 Å². The fourth-order valence-corrected chi connectivity index (χ4v) is 1.26. The first-order chi connectivity index (χ1) is 6.35. The van der Waals surface area contributed by atoms with E-state index in [-0.39, 0.29) is 5.41 Å². The first-order valence-electron chi connectivity index (χ1n) is 4.20. The van der Waals surface area contributed by atoms with E-state index >= 15 is 0 Å². The van der Waals surface area contributed by atoms with Crippen molar-refractivity contribution < 1.29 is 4.74 Å². The number of aromatic amines is 1. The van der Waals surface area contributed by atoms with Crippen molar-refractivity contribution in [3.05, 3.63) is 18.5 Å². The lowest BCUT2D eigenvalue weighted by Gasteiger charge is -2.35. The normalized spacial score (nSPS) is 18.7. The van der Waals surface area contributed by atoms with E-state index in [1.54, 1.807) is 0 Å². The third-order valence-electron chi connectivity index (χ3n) is 2.22. The number of hydrogen-bond acceptors (Lipinski definition) is 3. The molecule has 13 heavy (non-hydrogen) atoms. The molecule has 0 aromatic carbocycles. The number of nitriles is 1. The predicted octanol–water partition coefficient (Wildman–Crippen LogP) is 0.967. The van der Waals surface area contributed by atoms with Crippen molar-refractivity contribution >= 4 is 5.69 Å². The maximum atomic E-state index is 8.89. The number of hydrogen-bond donors (Lipinski definition) is 2. The van der Waals surface area contributed by atoms with Crippen LogP contribution in [0.1, 0.15) is 0 Å². The molecule has 1 aromatic rings. The van der Waals surface area contributed by atoms with Crippen LogP contribution in [0.15, 0.2) is 18.5 Å². The molecule has 1 saturated heterocycles. The summed E-state index contributed by atoms with van der Waals surface area (Å²) in [7, 11) is 0. The molecule has 0 aliphatic carbocycles. The Kier molecular flexibility index (Phi) is 1.95. The van der Waals surface area contributed by atoms with E-state index in [0.29, 0.717) is 19.8 Å². The van der Waals surface area contributed by atoms with Crippen LogP contribution in [0, 0.1) is 16.7 Å². The lowest BCUT2D eigenvalue weighted by molar-refractivity contribution is -0.0690. The molecule has 0 radical (unpaired) electrons. The van der Waals surface area contributed by atoms with Crippen molar-refractivity contribution in [2.24, 2.45) is 5.41 Å². The Bertz CT molecular complexity index is 308. The first-order valence-corrected chi connectivity index (χ1v) is 4.20. The fraction of sp³-hybridized carbons (Fsp3) is 0.444. The van der Waals surface area contributed by atoms with Crippen molar-refractivity contribution in [2.45, 2.75) is 0 Å². The molecule has 1 aliphatic heterocycles. The number of H-pyrrole nitrogens is 1. The van der Waals surface area contributed by atoms with E-state index < -0.39 is 0 Å². The van der Waals surface area contributed by atoms with E-state index in [0.717, 1.165) is 5.69 Å². The van der Waals surface area contributed by atoms with Crippen LogP contribution in [0.25, 0.3) is 0 Å². The van der Waals surface area contributed by atoms with Gasteiger partial charge in [0.15, 0.2) is 0 Å². The molecule has 1 aliphatic rings. The summed E-state index contributed by atoms with van der Waals surface area (Å²) < 4.78 is 5.03. The SMILES string of the molecule is N#CC1(CNc2cc[nH]c2)COC1. The average molecular weight is 177 g/mol. The summed E-state index contributed by atoms with van der Waals surface area (Å²) in [4.78, 5) is 2.94.